The van der Waals surface area contributed by atoms with Gasteiger partial charge in [-0.2, -0.15) is 0 Å². The third-order valence-corrected chi connectivity index (χ3v) is 5.17. The Morgan fingerprint density at radius 1 is 1.14 bits per heavy atom. The molecule has 2 nitrogen and oxygen atoms in total. The predicted molar refractivity (Wildman–Crippen MR) is 75.6 cm³/mol. The molecule has 0 spiro atoms. The van der Waals surface area contributed by atoms with Crippen molar-refractivity contribution >= 4 is 11.8 Å². The van der Waals surface area contributed by atoms with E-state index >= 15 is 0 Å². The van der Waals surface area contributed by atoms with Crippen LogP contribution >= 0.6 is 11.8 Å². The fourth-order valence-corrected chi connectivity index (χ4v) is 4.17. The van der Waals surface area contributed by atoms with E-state index < -0.39 is 17.7 Å². The normalized spacial score (nSPS) is 19.3. The Morgan fingerprint density at radius 2 is 1.95 bits per heavy atom. The number of ether oxygens (including phenoxy) is 1. The summed E-state index contributed by atoms with van der Waals surface area (Å²) >= 11 is 1.39. The van der Waals surface area contributed by atoms with Crippen LogP contribution in [0.4, 0.5) is 8.78 Å². The first-order chi connectivity index (χ1) is 10.2. The number of hydrogen-bond acceptors (Lipinski definition) is 3. The molecular formula is C16H12F2O2S. The maximum Gasteiger partial charge on any atom is 0.163 e. The van der Waals surface area contributed by atoms with E-state index in [1.54, 1.807) is 0 Å². The van der Waals surface area contributed by atoms with E-state index in [9.17, 15) is 13.9 Å². The van der Waals surface area contributed by atoms with Gasteiger partial charge < -0.3 is 9.84 Å². The molecule has 1 atom stereocenters. The number of benzene rings is 2. The van der Waals surface area contributed by atoms with Gasteiger partial charge in [-0.05, 0) is 17.2 Å². The van der Waals surface area contributed by atoms with Gasteiger partial charge in [0.05, 0.1) is 11.5 Å². The molecule has 2 aromatic rings. The van der Waals surface area contributed by atoms with Crippen molar-refractivity contribution in [1.82, 2.24) is 0 Å². The Kier molecular flexibility index (Phi) is 2.94. The Bertz CT molecular complexity index is 746. The van der Waals surface area contributed by atoms with E-state index in [2.05, 4.69) is 0 Å². The lowest BCUT2D eigenvalue weighted by Crippen LogP contribution is -2.05. The van der Waals surface area contributed by atoms with Gasteiger partial charge in [-0.25, -0.2) is 8.78 Å². The average molecular weight is 306 g/mol. The summed E-state index contributed by atoms with van der Waals surface area (Å²) in [6.45, 7) is 0.623. The number of hydrogen-bond donors (Lipinski definition) is 1. The zero-order valence-corrected chi connectivity index (χ0v) is 11.8. The lowest BCUT2D eigenvalue weighted by molar-refractivity contribution is 0.215. The molecule has 2 aliphatic heterocycles. The molecule has 108 valence electrons. The van der Waals surface area contributed by atoms with Crippen LogP contribution in [0.15, 0.2) is 29.2 Å². The first-order valence-corrected chi connectivity index (χ1v) is 7.71. The smallest absolute Gasteiger partial charge is 0.163 e. The second kappa shape index (κ2) is 4.71. The highest BCUT2D eigenvalue weighted by molar-refractivity contribution is 7.98. The van der Waals surface area contributed by atoms with Crippen LogP contribution in [0, 0.1) is 11.6 Å². The lowest BCUT2D eigenvalue weighted by Gasteiger charge is -2.15. The van der Waals surface area contributed by atoms with Crippen LogP contribution in [-0.2, 0) is 12.2 Å². The Morgan fingerprint density at radius 3 is 2.81 bits per heavy atom. The highest BCUT2D eigenvalue weighted by Crippen LogP contribution is 2.47. The van der Waals surface area contributed by atoms with Gasteiger partial charge in [0.2, 0.25) is 0 Å². The fraction of sp³-hybridized carbons (Fsp3) is 0.250. The zero-order chi connectivity index (χ0) is 14.6. The van der Waals surface area contributed by atoms with E-state index in [4.69, 9.17) is 4.74 Å². The second-order valence-electron chi connectivity index (χ2n) is 5.19. The third-order valence-electron chi connectivity index (χ3n) is 4.02. The molecule has 1 N–H and O–H groups in total. The summed E-state index contributed by atoms with van der Waals surface area (Å²) in [4.78, 5) is 0.841. The third kappa shape index (κ3) is 1.88. The number of fused-ring (bicyclic) bond motifs is 4. The van der Waals surface area contributed by atoms with E-state index in [1.165, 1.54) is 17.8 Å². The quantitative estimate of drug-likeness (QED) is 0.806. The minimum Gasteiger partial charge on any atom is -0.492 e. The highest BCUT2D eigenvalue weighted by Gasteiger charge is 2.30. The van der Waals surface area contributed by atoms with Crippen LogP contribution in [0.5, 0.6) is 5.75 Å². The van der Waals surface area contributed by atoms with E-state index in [1.807, 2.05) is 12.1 Å². The number of halogens is 2. The van der Waals surface area contributed by atoms with Crippen LogP contribution < -0.4 is 4.74 Å². The molecule has 2 aliphatic rings. The maximum atomic E-state index is 14.0. The largest absolute Gasteiger partial charge is 0.492 e. The fourth-order valence-electron chi connectivity index (χ4n) is 2.92. The van der Waals surface area contributed by atoms with Crippen molar-refractivity contribution < 1.29 is 18.6 Å². The van der Waals surface area contributed by atoms with Gasteiger partial charge in [0.1, 0.15) is 11.9 Å². The Balaban J connectivity index is 1.91. The summed E-state index contributed by atoms with van der Waals surface area (Å²) in [5, 5.41) is 10.6. The van der Waals surface area contributed by atoms with Crippen molar-refractivity contribution in [2.24, 2.45) is 0 Å². The topological polar surface area (TPSA) is 29.5 Å². The molecule has 0 bridgehead atoms. The van der Waals surface area contributed by atoms with E-state index in [0.29, 0.717) is 17.7 Å². The summed E-state index contributed by atoms with van der Waals surface area (Å²) in [6, 6.07) is 6.33. The molecule has 0 saturated heterocycles. The van der Waals surface area contributed by atoms with Crippen molar-refractivity contribution in [3.05, 3.63) is 58.2 Å². The molecule has 0 saturated carbocycles. The van der Waals surface area contributed by atoms with Gasteiger partial charge in [0.25, 0.3) is 0 Å². The van der Waals surface area contributed by atoms with Crippen LogP contribution in [0.2, 0.25) is 0 Å². The van der Waals surface area contributed by atoms with Gasteiger partial charge in [0, 0.05) is 23.3 Å². The molecule has 2 heterocycles. The van der Waals surface area contributed by atoms with Gasteiger partial charge in [-0.1, -0.05) is 18.2 Å². The summed E-state index contributed by atoms with van der Waals surface area (Å²) in [5.74, 6) is -0.688. The van der Waals surface area contributed by atoms with Crippen LogP contribution in [-0.4, -0.2) is 11.7 Å². The second-order valence-corrected chi connectivity index (χ2v) is 6.18. The first-order valence-electron chi connectivity index (χ1n) is 6.73. The monoisotopic (exact) mass is 306 g/mol. The molecule has 0 aromatic heterocycles. The van der Waals surface area contributed by atoms with Crippen molar-refractivity contribution in [3.63, 3.8) is 0 Å². The molecule has 2 aromatic carbocycles. The molecule has 21 heavy (non-hydrogen) atoms. The van der Waals surface area contributed by atoms with Crippen LogP contribution in [0.1, 0.15) is 28.4 Å². The predicted octanol–water partition coefficient (Wildman–Crippen LogP) is 3.59. The van der Waals surface area contributed by atoms with Gasteiger partial charge in [0.15, 0.2) is 11.6 Å². The van der Waals surface area contributed by atoms with E-state index in [0.717, 1.165) is 28.7 Å². The molecular weight excluding hydrogens is 294 g/mol. The SMILES string of the molecule is OC1c2ccc(F)c(F)c2CSc2c1ccc1c2OCC1. The van der Waals surface area contributed by atoms with Gasteiger partial charge in [-0.3, -0.25) is 0 Å². The zero-order valence-electron chi connectivity index (χ0n) is 11.0. The maximum absolute atomic E-state index is 14.0. The Labute approximate surface area is 124 Å². The number of thioether (sulfide) groups is 1. The number of aliphatic hydroxyl groups excluding tert-OH is 1. The minimum atomic E-state index is -0.963. The summed E-state index contributed by atoms with van der Waals surface area (Å²) in [5.41, 5.74) is 2.46. The standard InChI is InChI=1S/C16H12F2O2S/c17-12-4-3-9-11(13(12)18)7-21-16-10(14(9)19)2-1-8-5-6-20-15(8)16/h1-4,14,19H,5-7H2. The molecule has 4 rings (SSSR count). The molecule has 0 aliphatic carbocycles. The van der Waals surface area contributed by atoms with E-state index in [-0.39, 0.29) is 11.3 Å². The van der Waals surface area contributed by atoms with Gasteiger partial charge >= 0.3 is 0 Å². The van der Waals surface area contributed by atoms with Gasteiger partial charge in [-0.15, -0.1) is 11.8 Å². The number of aliphatic hydroxyl groups is 1. The lowest BCUT2D eigenvalue weighted by atomic mass is 9.96. The summed E-state index contributed by atoms with van der Waals surface area (Å²) in [7, 11) is 0. The molecule has 0 amide bonds. The summed E-state index contributed by atoms with van der Waals surface area (Å²) < 4.78 is 33.1. The molecule has 0 radical (unpaired) electrons. The van der Waals surface area contributed by atoms with Crippen molar-refractivity contribution in [2.45, 2.75) is 23.2 Å². The average Bonchev–Trinajstić information content (AvgIpc) is 2.91. The van der Waals surface area contributed by atoms with Crippen molar-refractivity contribution in [1.29, 1.82) is 0 Å². The Hall–Kier alpha value is -1.59. The minimum absolute atomic E-state index is 0.232. The van der Waals surface area contributed by atoms with Crippen molar-refractivity contribution in [3.8, 4) is 5.75 Å². The summed E-state index contributed by atoms with van der Waals surface area (Å²) in [6.07, 6.45) is -0.121. The first kappa shape index (κ1) is 13.1. The highest BCUT2D eigenvalue weighted by atomic mass is 32.2. The van der Waals surface area contributed by atoms with Crippen molar-refractivity contribution in [2.75, 3.05) is 6.61 Å². The van der Waals surface area contributed by atoms with Crippen LogP contribution in [0.25, 0.3) is 0 Å². The molecule has 1 unspecified atom stereocenters. The molecule has 5 heteroatoms. The number of rotatable bonds is 0. The van der Waals surface area contributed by atoms with Crippen LogP contribution in [0.3, 0.4) is 0 Å². The molecule has 0 fully saturated rings.